The smallest absolute Gasteiger partial charge is 0.416 e. The molecule has 0 fully saturated rings. The van der Waals surface area contributed by atoms with Gasteiger partial charge in [-0.25, -0.2) is 4.79 Å². The molecule has 14 heteroatoms. The van der Waals surface area contributed by atoms with E-state index in [9.17, 15) is 40.7 Å². The molecule has 0 aliphatic carbocycles. The lowest BCUT2D eigenvalue weighted by atomic mass is 10.1. The minimum atomic E-state index is -5.05. The van der Waals surface area contributed by atoms with Crippen LogP contribution in [0.2, 0.25) is 0 Å². The van der Waals surface area contributed by atoms with Crippen LogP contribution in [-0.2, 0) is 28.5 Å². The first-order chi connectivity index (χ1) is 16.1. The van der Waals surface area contributed by atoms with Crippen molar-refractivity contribution < 1.29 is 50.2 Å². The highest BCUT2D eigenvalue weighted by atomic mass is 19.4. The molecule has 0 heterocycles. The topological polar surface area (TPSA) is 120 Å². The van der Waals surface area contributed by atoms with Crippen LogP contribution in [0.5, 0.6) is 11.5 Å². The first kappa shape index (κ1) is 29.1. The summed E-state index contributed by atoms with van der Waals surface area (Å²) >= 11 is 0. The van der Waals surface area contributed by atoms with Gasteiger partial charge < -0.3 is 20.5 Å². The Labute approximate surface area is 195 Å². The molecule has 0 saturated carbocycles. The number of benzene rings is 2. The Hall–Kier alpha value is -3.97. The number of amides is 4. The lowest BCUT2D eigenvalue weighted by Gasteiger charge is -2.14. The molecular formula is C21H21F6N3O5. The van der Waals surface area contributed by atoms with Crippen molar-refractivity contribution in [2.24, 2.45) is 5.73 Å². The minimum Gasteiger partial charge on any atom is -0.497 e. The third-order valence-electron chi connectivity index (χ3n) is 3.80. The Morgan fingerprint density at radius 1 is 0.886 bits per heavy atom. The summed E-state index contributed by atoms with van der Waals surface area (Å²) in [4.78, 5) is 32.7. The zero-order chi connectivity index (χ0) is 26.8. The van der Waals surface area contributed by atoms with Gasteiger partial charge in [-0.15, -0.1) is 0 Å². The molecule has 0 spiro atoms. The van der Waals surface area contributed by atoms with Gasteiger partial charge in [0, 0.05) is 13.5 Å². The molecule has 0 aliphatic rings. The molecule has 192 valence electrons. The van der Waals surface area contributed by atoms with Gasteiger partial charge in [-0.2, -0.15) is 26.3 Å². The van der Waals surface area contributed by atoms with Gasteiger partial charge >= 0.3 is 18.4 Å². The first-order valence-electron chi connectivity index (χ1n) is 9.50. The molecule has 0 aliphatic heterocycles. The summed E-state index contributed by atoms with van der Waals surface area (Å²) in [6, 6.07) is 6.28. The molecule has 2 rings (SSSR count). The van der Waals surface area contributed by atoms with Gasteiger partial charge in [0.1, 0.15) is 11.5 Å². The number of primary amides is 1. The maximum atomic E-state index is 12.8. The largest absolute Gasteiger partial charge is 0.497 e. The summed E-state index contributed by atoms with van der Waals surface area (Å²) in [5, 5.41) is 4.21. The molecule has 0 aromatic heterocycles. The summed E-state index contributed by atoms with van der Waals surface area (Å²) in [5.41, 5.74) is 1.98. The molecule has 0 unspecified atom stereocenters. The second kappa shape index (κ2) is 12.5. The van der Waals surface area contributed by atoms with E-state index in [0.717, 1.165) is 0 Å². The highest BCUT2D eigenvalue weighted by molar-refractivity contribution is 5.95. The lowest BCUT2D eigenvalue weighted by molar-refractivity contribution is -0.143. The quantitative estimate of drug-likeness (QED) is 0.514. The van der Waals surface area contributed by atoms with Crippen LogP contribution in [-0.4, -0.2) is 31.6 Å². The summed E-state index contributed by atoms with van der Waals surface area (Å²) in [7, 11) is 1.48. The van der Waals surface area contributed by atoms with E-state index in [-0.39, 0.29) is 18.5 Å². The zero-order valence-electron chi connectivity index (χ0n) is 18.3. The Balaban J connectivity index is 0.00000142. The molecule has 2 aromatic carbocycles. The lowest BCUT2D eigenvalue weighted by Crippen LogP contribution is -2.41. The van der Waals surface area contributed by atoms with Crippen LogP contribution in [0.4, 0.5) is 31.1 Å². The molecule has 4 amide bonds. The van der Waals surface area contributed by atoms with Crippen molar-refractivity contribution in [3.8, 4) is 11.5 Å². The van der Waals surface area contributed by atoms with E-state index < -0.39 is 47.8 Å². The Kier molecular flexibility index (Phi) is 10.4. The third-order valence-corrected chi connectivity index (χ3v) is 3.80. The molecule has 35 heavy (non-hydrogen) atoms. The number of hydrogen-bond donors (Lipinski definition) is 3. The Bertz CT molecular complexity index is 987. The first-order valence-corrected chi connectivity index (χ1v) is 9.50. The van der Waals surface area contributed by atoms with Crippen LogP contribution in [0.3, 0.4) is 0 Å². The predicted molar refractivity (Wildman–Crippen MR) is 110 cm³/mol. The number of nitrogens with two attached hydrogens (primary N) is 1. The summed E-state index contributed by atoms with van der Waals surface area (Å²) in [5.74, 6) is -1.63. The molecule has 2 aromatic rings. The molecule has 0 saturated heterocycles. The maximum Gasteiger partial charge on any atom is 0.416 e. The van der Waals surface area contributed by atoms with Crippen LogP contribution in [0.1, 0.15) is 23.6 Å². The second-order valence-corrected chi connectivity index (χ2v) is 6.72. The van der Waals surface area contributed by atoms with Crippen molar-refractivity contribution in [2.75, 3.05) is 13.7 Å². The average molecular weight is 509 g/mol. The van der Waals surface area contributed by atoms with E-state index in [1.807, 2.05) is 5.32 Å². The number of alkyl halides is 6. The molecule has 0 atom stereocenters. The molecule has 0 bridgehead atoms. The van der Waals surface area contributed by atoms with Crippen molar-refractivity contribution in [3.05, 3.63) is 59.2 Å². The highest BCUT2D eigenvalue weighted by Crippen LogP contribution is 2.38. The number of nitrogens with one attached hydrogen (secondary N) is 2. The highest BCUT2D eigenvalue weighted by Gasteiger charge is 2.37. The monoisotopic (exact) mass is 509 g/mol. The van der Waals surface area contributed by atoms with E-state index >= 15 is 0 Å². The van der Waals surface area contributed by atoms with Gasteiger partial charge in [-0.3, -0.25) is 14.9 Å². The van der Waals surface area contributed by atoms with Gasteiger partial charge in [0.05, 0.1) is 18.2 Å². The fourth-order valence-electron chi connectivity index (χ4n) is 2.29. The van der Waals surface area contributed by atoms with E-state index in [1.54, 1.807) is 24.3 Å². The van der Waals surface area contributed by atoms with E-state index in [0.29, 0.717) is 23.4 Å². The van der Waals surface area contributed by atoms with Crippen molar-refractivity contribution in [1.29, 1.82) is 0 Å². The second-order valence-electron chi connectivity index (χ2n) is 6.72. The number of imide groups is 1. The summed E-state index contributed by atoms with van der Waals surface area (Å²) < 4.78 is 86.6. The van der Waals surface area contributed by atoms with Gasteiger partial charge in [-0.1, -0.05) is 12.1 Å². The maximum absolute atomic E-state index is 12.8. The van der Waals surface area contributed by atoms with Crippen LogP contribution >= 0.6 is 0 Å². The van der Waals surface area contributed by atoms with Crippen molar-refractivity contribution in [2.45, 2.75) is 25.8 Å². The Morgan fingerprint density at radius 3 is 1.80 bits per heavy atom. The van der Waals surface area contributed by atoms with Crippen LogP contribution in [0.25, 0.3) is 0 Å². The van der Waals surface area contributed by atoms with Crippen LogP contribution < -0.4 is 25.8 Å². The van der Waals surface area contributed by atoms with Gasteiger partial charge in [-0.05, 0) is 35.9 Å². The average Bonchev–Trinajstić information content (AvgIpc) is 2.75. The van der Waals surface area contributed by atoms with E-state index in [1.165, 1.54) is 14.0 Å². The number of rotatable bonds is 6. The predicted octanol–water partition coefficient (Wildman–Crippen LogP) is 3.63. The number of urea groups is 1. The van der Waals surface area contributed by atoms with Crippen molar-refractivity contribution in [3.63, 3.8) is 0 Å². The fourth-order valence-corrected chi connectivity index (χ4v) is 2.29. The number of halogens is 6. The molecule has 4 N–H and O–H groups in total. The number of hydrogen-bond acceptors (Lipinski definition) is 5. The third kappa shape index (κ3) is 11.1. The normalized spacial score (nSPS) is 11.0. The van der Waals surface area contributed by atoms with Gasteiger partial charge in [0.15, 0.2) is 6.61 Å². The number of methoxy groups -OCH3 is 1. The Morgan fingerprint density at radius 2 is 1.37 bits per heavy atom. The summed E-state index contributed by atoms with van der Waals surface area (Å²) in [6.45, 7) is 0.376. The fraction of sp³-hybridized carbons (Fsp3) is 0.286. The van der Waals surface area contributed by atoms with Gasteiger partial charge in [0.2, 0.25) is 5.91 Å². The summed E-state index contributed by atoms with van der Waals surface area (Å²) in [6.07, 6.45) is -10.1. The van der Waals surface area contributed by atoms with Gasteiger partial charge in [0.25, 0.3) is 5.91 Å². The number of ether oxygens (including phenoxy) is 2. The molecular weight excluding hydrogens is 488 g/mol. The van der Waals surface area contributed by atoms with Crippen molar-refractivity contribution in [1.82, 2.24) is 10.6 Å². The zero-order valence-corrected chi connectivity index (χ0v) is 18.3. The van der Waals surface area contributed by atoms with Crippen LogP contribution in [0.15, 0.2) is 42.5 Å². The SMILES string of the molecule is CC(N)=O.COc1ccc(CNC(=O)NC(=O)COc2cc(C(F)(F)F)cc(C(F)(F)F)c2)cc1. The molecule has 8 nitrogen and oxygen atoms in total. The van der Waals surface area contributed by atoms with Crippen molar-refractivity contribution >= 4 is 17.8 Å². The van der Waals surface area contributed by atoms with E-state index in [4.69, 9.17) is 9.47 Å². The van der Waals surface area contributed by atoms with E-state index in [2.05, 4.69) is 11.1 Å². The number of carbonyl (C=O) groups excluding carboxylic acids is 3. The minimum absolute atomic E-state index is 0.0482. The molecule has 0 radical (unpaired) electrons. The van der Waals surface area contributed by atoms with Crippen LogP contribution in [0, 0.1) is 0 Å². The standard InChI is InChI=1S/C19H16F6N2O4.C2H5NO/c1-30-14-4-2-11(3-5-14)9-26-17(29)27-16(28)10-31-15-7-12(18(20,21)22)6-13(8-15)19(23,24)25;1-2(3)4/h2-8H,9-10H2,1H3,(H2,26,27,28,29);1H3,(H2,3,4). The number of carbonyl (C=O) groups is 3.